The maximum Gasteiger partial charge on any atom is 0.333 e. The lowest BCUT2D eigenvalue weighted by Gasteiger charge is -2.28. The first-order chi connectivity index (χ1) is 15.1. The molecule has 1 rings (SSSR count). The van der Waals surface area contributed by atoms with E-state index in [9.17, 15) is 14.4 Å². The Labute approximate surface area is 189 Å². The van der Waals surface area contributed by atoms with Gasteiger partial charge >= 0.3 is 17.9 Å². The zero-order chi connectivity index (χ0) is 24.1. The third kappa shape index (κ3) is 8.67. The molecule has 0 amide bonds. The molecule has 0 aliphatic heterocycles. The Morgan fingerprint density at radius 1 is 1.03 bits per heavy atom. The van der Waals surface area contributed by atoms with Crippen molar-refractivity contribution in [1.29, 1.82) is 0 Å². The van der Waals surface area contributed by atoms with E-state index in [4.69, 9.17) is 14.3 Å². The molecule has 0 atom stereocenters. The smallest absolute Gasteiger partial charge is 0.333 e. The van der Waals surface area contributed by atoms with Crippen LogP contribution in [0.3, 0.4) is 0 Å². The number of carbonyl (C=O) groups is 3. The van der Waals surface area contributed by atoms with E-state index in [1.54, 1.807) is 6.08 Å². The van der Waals surface area contributed by atoms with E-state index >= 15 is 0 Å². The van der Waals surface area contributed by atoms with Crippen LogP contribution >= 0.6 is 0 Å². The summed E-state index contributed by atoms with van der Waals surface area (Å²) < 4.78 is 9.67. The average Bonchev–Trinajstić information content (AvgIpc) is 2.77. The van der Waals surface area contributed by atoms with Crippen molar-refractivity contribution in [3.05, 3.63) is 66.4 Å². The molecule has 0 aliphatic carbocycles. The quantitative estimate of drug-likeness (QED) is 0.119. The highest BCUT2D eigenvalue weighted by Gasteiger charge is 2.25. The fourth-order valence-electron chi connectivity index (χ4n) is 2.60. The minimum atomic E-state index is -0.620. The molecule has 0 aromatic heterocycles. The van der Waals surface area contributed by atoms with Crippen LogP contribution in [0.4, 0.5) is 5.69 Å². The Bertz CT molecular complexity index is 873. The molecule has 0 radical (unpaired) electrons. The second kappa shape index (κ2) is 13.0. The van der Waals surface area contributed by atoms with E-state index in [0.29, 0.717) is 0 Å². The molecule has 0 spiro atoms. The normalized spacial score (nSPS) is 10.9. The molecular formula is C24H32N2O6. The Morgan fingerprint density at radius 3 is 2.31 bits per heavy atom. The second-order valence-electron chi connectivity index (χ2n) is 7.51. The van der Waals surface area contributed by atoms with Crippen LogP contribution in [0, 0.1) is 0 Å². The van der Waals surface area contributed by atoms with Gasteiger partial charge in [-0.1, -0.05) is 45.2 Å². The van der Waals surface area contributed by atoms with Gasteiger partial charge in [0.1, 0.15) is 13.2 Å². The lowest BCUT2D eigenvalue weighted by molar-refractivity contribution is -0.155. The lowest BCUT2D eigenvalue weighted by atomic mass is 9.77. The van der Waals surface area contributed by atoms with Gasteiger partial charge in [0.05, 0.1) is 12.8 Å². The fraction of sp³-hybridized carbons (Fsp3) is 0.375. The van der Waals surface area contributed by atoms with Gasteiger partial charge in [-0.2, -0.15) is 0 Å². The van der Waals surface area contributed by atoms with Gasteiger partial charge in [-0.15, -0.1) is 0 Å². The van der Waals surface area contributed by atoms with Gasteiger partial charge in [0.15, 0.2) is 0 Å². The zero-order valence-corrected chi connectivity index (χ0v) is 19.2. The van der Waals surface area contributed by atoms with Crippen LogP contribution in [0.2, 0.25) is 0 Å². The maximum absolute atomic E-state index is 11.8. The van der Waals surface area contributed by atoms with Gasteiger partial charge in [0, 0.05) is 29.9 Å². The molecule has 1 aromatic rings. The van der Waals surface area contributed by atoms with Crippen molar-refractivity contribution in [2.24, 2.45) is 0 Å². The van der Waals surface area contributed by atoms with Gasteiger partial charge in [-0.25, -0.2) is 15.1 Å². The van der Waals surface area contributed by atoms with E-state index in [1.165, 1.54) is 13.1 Å². The maximum atomic E-state index is 11.8. The highest BCUT2D eigenvalue weighted by Crippen LogP contribution is 2.35. The Hall–Kier alpha value is -3.55. The molecule has 32 heavy (non-hydrogen) atoms. The number of carbonyl (C=O) groups excluding carboxylic acids is 3. The summed E-state index contributed by atoms with van der Waals surface area (Å²) in [6.07, 6.45) is 2.88. The predicted octanol–water partition coefficient (Wildman–Crippen LogP) is 3.57. The molecular weight excluding hydrogens is 412 g/mol. The van der Waals surface area contributed by atoms with Crippen LogP contribution in [0.15, 0.2) is 60.8 Å². The summed E-state index contributed by atoms with van der Waals surface area (Å²) in [5.74, 6) is -1.77. The van der Waals surface area contributed by atoms with Crippen LogP contribution in [0.5, 0.6) is 0 Å². The number of esters is 2. The Morgan fingerprint density at radius 2 is 1.66 bits per heavy atom. The molecule has 0 aliphatic rings. The molecule has 0 heterocycles. The summed E-state index contributed by atoms with van der Waals surface area (Å²) in [6, 6.07) is 7.95. The van der Waals surface area contributed by atoms with Crippen molar-refractivity contribution in [3.8, 4) is 0 Å². The van der Waals surface area contributed by atoms with Crippen LogP contribution in [0.1, 0.15) is 39.2 Å². The molecule has 0 saturated carbocycles. The molecule has 8 heteroatoms. The number of hydrogen-bond donors (Lipinski definition) is 2. The standard InChI is InChI=1S/C24H32N2O6/c1-17(2)23(29)31-16-15-30-21(27)11-12-22(28)32-26-14-13-18(3)24(4,5)19-9-7-8-10-20(19)25-6/h7-10,13-14,25-26H,1,3,11-12,15-16H2,2,4-6H3/b14-13+. The van der Waals surface area contributed by atoms with Gasteiger partial charge in [0.25, 0.3) is 0 Å². The number of ether oxygens (including phenoxy) is 2. The molecule has 2 N–H and O–H groups in total. The summed E-state index contributed by atoms with van der Waals surface area (Å²) in [6.45, 7) is 13.0. The summed E-state index contributed by atoms with van der Waals surface area (Å²) in [5, 5.41) is 3.17. The van der Waals surface area contributed by atoms with Crippen LogP contribution in [0.25, 0.3) is 0 Å². The predicted molar refractivity (Wildman–Crippen MR) is 122 cm³/mol. The number of rotatable bonds is 13. The summed E-state index contributed by atoms with van der Waals surface area (Å²) in [7, 11) is 1.86. The highest BCUT2D eigenvalue weighted by atomic mass is 16.7. The van der Waals surface area contributed by atoms with Gasteiger partial charge in [0.2, 0.25) is 0 Å². The first kappa shape index (κ1) is 26.5. The van der Waals surface area contributed by atoms with Gasteiger partial charge in [-0.05, 0) is 30.2 Å². The minimum absolute atomic E-state index is 0.0761. The summed E-state index contributed by atoms with van der Waals surface area (Å²) >= 11 is 0. The average molecular weight is 445 g/mol. The van der Waals surface area contributed by atoms with Crippen molar-refractivity contribution in [2.75, 3.05) is 25.6 Å². The van der Waals surface area contributed by atoms with Crippen molar-refractivity contribution < 1.29 is 28.7 Å². The largest absolute Gasteiger partial charge is 0.462 e. The number of para-hydroxylation sites is 1. The molecule has 1 aromatic carbocycles. The fourth-order valence-corrected chi connectivity index (χ4v) is 2.60. The molecule has 174 valence electrons. The number of benzene rings is 1. The van der Waals surface area contributed by atoms with Crippen molar-refractivity contribution in [2.45, 2.75) is 39.0 Å². The third-order valence-corrected chi connectivity index (χ3v) is 4.66. The molecule has 8 nitrogen and oxygen atoms in total. The number of anilines is 1. The minimum Gasteiger partial charge on any atom is -0.462 e. The van der Waals surface area contributed by atoms with Gasteiger partial charge < -0.3 is 19.6 Å². The Kier molecular flexibility index (Phi) is 10.8. The Balaban J connectivity index is 2.35. The first-order valence-electron chi connectivity index (χ1n) is 10.2. The van der Waals surface area contributed by atoms with E-state index in [1.807, 2.05) is 45.2 Å². The third-order valence-electron chi connectivity index (χ3n) is 4.66. The van der Waals surface area contributed by atoms with Crippen LogP contribution in [-0.2, 0) is 34.1 Å². The van der Waals surface area contributed by atoms with E-state index < -0.39 is 17.9 Å². The van der Waals surface area contributed by atoms with Gasteiger partial charge in [-0.3, -0.25) is 4.79 Å². The highest BCUT2D eigenvalue weighted by molar-refractivity contribution is 5.86. The summed E-state index contributed by atoms with van der Waals surface area (Å²) in [5.41, 5.74) is 5.24. The number of hydrogen-bond acceptors (Lipinski definition) is 8. The van der Waals surface area contributed by atoms with Crippen LogP contribution < -0.4 is 10.8 Å². The second-order valence-corrected chi connectivity index (χ2v) is 7.51. The van der Waals surface area contributed by atoms with Crippen molar-refractivity contribution >= 4 is 23.6 Å². The van der Waals surface area contributed by atoms with Crippen molar-refractivity contribution in [3.63, 3.8) is 0 Å². The van der Waals surface area contributed by atoms with Crippen LogP contribution in [-0.4, -0.2) is 38.2 Å². The topological polar surface area (TPSA) is 103 Å². The molecule has 0 saturated heterocycles. The number of hydroxylamine groups is 1. The lowest BCUT2D eigenvalue weighted by Crippen LogP contribution is -2.21. The number of allylic oxidation sites excluding steroid dienone is 2. The van der Waals surface area contributed by atoms with E-state index in [0.717, 1.165) is 16.8 Å². The molecule has 0 fully saturated rings. The first-order valence-corrected chi connectivity index (χ1v) is 10.2. The zero-order valence-electron chi connectivity index (χ0n) is 19.2. The monoisotopic (exact) mass is 444 g/mol. The van der Waals surface area contributed by atoms with E-state index in [-0.39, 0.29) is 37.0 Å². The summed E-state index contributed by atoms with van der Waals surface area (Å²) in [4.78, 5) is 39.4. The molecule has 0 unspecified atom stereocenters. The molecule has 0 bridgehead atoms. The number of nitrogens with one attached hydrogen (secondary N) is 2. The van der Waals surface area contributed by atoms with Crippen molar-refractivity contribution in [1.82, 2.24) is 5.48 Å². The van der Waals surface area contributed by atoms with E-state index in [2.05, 4.69) is 24.0 Å². The SMILES string of the molecule is C=C(C)C(=O)OCCOC(=O)CCC(=O)ON/C=C/C(=C)C(C)(C)c1ccccc1NC.